The van der Waals surface area contributed by atoms with Crippen LogP contribution in [0, 0.1) is 0 Å². The first-order chi connectivity index (χ1) is 10.0. The fourth-order valence-corrected chi connectivity index (χ4v) is 2.46. The molecule has 2 rings (SSSR count). The first kappa shape index (κ1) is 15.3. The van der Waals surface area contributed by atoms with Gasteiger partial charge in [0.05, 0.1) is 30.2 Å². The number of imidazole rings is 1. The summed E-state index contributed by atoms with van der Waals surface area (Å²) in [7, 11) is 1.79. The van der Waals surface area contributed by atoms with Crippen molar-refractivity contribution < 1.29 is 14.6 Å². The second-order valence-electron chi connectivity index (χ2n) is 4.97. The number of nitrogens with one attached hydrogen (secondary N) is 1. The Morgan fingerprint density at radius 1 is 1.48 bits per heavy atom. The number of H-pyrrole nitrogens is 1. The van der Waals surface area contributed by atoms with Crippen molar-refractivity contribution in [1.29, 1.82) is 0 Å². The maximum absolute atomic E-state index is 10.9. The van der Waals surface area contributed by atoms with Crippen molar-refractivity contribution >= 4 is 17.0 Å². The minimum absolute atomic E-state index is 0.0141. The van der Waals surface area contributed by atoms with Crippen LogP contribution in [-0.2, 0) is 4.79 Å². The Balaban J connectivity index is 2.29. The normalized spacial score (nSPS) is 12.8. The lowest BCUT2D eigenvalue weighted by atomic mass is 10.2. The van der Waals surface area contributed by atoms with Crippen molar-refractivity contribution in [3.63, 3.8) is 0 Å². The van der Waals surface area contributed by atoms with E-state index in [1.807, 2.05) is 32.0 Å². The minimum atomic E-state index is -0.842. The van der Waals surface area contributed by atoms with Gasteiger partial charge in [-0.1, -0.05) is 6.92 Å². The van der Waals surface area contributed by atoms with Crippen molar-refractivity contribution in [1.82, 2.24) is 14.9 Å². The van der Waals surface area contributed by atoms with Crippen molar-refractivity contribution in [2.45, 2.75) is 26.3 Å². The molecule has 0 aliphatic rings. The third-order valence-electron chi connectivity index (χ3n) is 3.40. The van der Waals surface area contributed by atoms with Crippen LogP contribution in [0.4, 0.5) is 0 Å². The molecule has 0 saturated heterocycles. The maximum Gasteiger partial charge on any atom is 0.317 e. The summed E-state index contributed by atoms with van der Waals surface area (Å²) in [6.07, 6.45) is 0.780. The van der Waals surface area contributed by atoms with Gasteiger partial charge in [0.2, 0.25) is 0 Å². The number of hydrogen-bond donors (Lipinski definition) is 2. The highest BCUT2D eigenvalue weighted by molar-refractivity contribution is 5.77. The van der Waals surface area contributed by atoms with Crippen molar-refractivity contribution in [3.8, 4) is 5.75 Å². The Labute approximate surface area is 123 Å². The molecule has 0 spiro atoms. The van der Waals surface area contributed by atoms with E-state index in [0.717, 1.165) is 29.0 Å². The number of ether oxygens (including phenoxy) is 1. The molecule has 0 aliphatic carbocycles. The van der Waals surface area contributed by atoms with Gasteiger partial charge in [-0.15, -0.1) is 0 Å². The average molecular weight is 291 g/mol. The van der Waals surface area contributed by atoms with Crippen molar-refractivity contribution in [2.24, 2.45) is 0 Å². The van der Waals surface area contributed by atoms with Gasteiger partial charge in [-0.2, -0.15) is 0 Å². The Morgan fingerprint density at radius 2 is 2.24 bits per heavy atom. The number of carbonyl (C=O) groups is 1. The lowest BCUT2D eigenvalue weighted by molar-refractivity contribution is -0.138. The first-order valence-electron chi connectivity index (χ1n) is 7.09. The molecular weight excluding hydrogens is 270 g/mol. The number of nitrogens with zero attached hydrogens (tertiary/aromatic N) is 2. The molecule has 1 aromatic heterocycles. The molecular formula is C15H21N3O3. The van der Waals surface area contributed by atoms with Crippen LogP contribution in [0.5, 0.6) is 5.75 Å². The second-order valence-corrected chi connectivity index (χ2v) is 4.97. The number of likely N-dealkylation sites (N-methyl/N-ethyl adjacent to an activating group) is 1. The summed E-state index contributed by atoms with van der Waals surface area (Å²) in [6.45, 7) is 4.56. The summed E-state index contributed by atoms with van der Waals surface area (Å²) in [6, 6.07) is 5.66. The molecule has 0 aliphatic heterocycles. The van der Waals surface area contributed by atoms with E-state index < -0.39 is 5.97 Å². The number of benzene rings is 1. The zero-order chi connectivity index (χ0) is 15.4. The molecule has 0 radical (unpaired) electrons. The highest BCUT2D eigenvalue weighted by atomic mass is 16.5. The summed E-state index contributed by atoms with van der Waals surface area (Å²) < 4.78 is 5.47. The van der Waals surface area contributed by atoms with E-state index in [9.17, 15) is 4.79 Å². The third-order valence-corrected chi connectivity index (χ3v) is 3.40. The number of aromatic nitrogens is 2. The van der Waals surface area contributed by atoms with Crippen molar-refractivity contribution in [3.05, 3.63) is 24.0 Å². The largest absolute Gasteiger partial charge is 0.494 e. The zero-order valence-electron chi connectivity index (χ0n) is 12.6. The zero-order valence-corrected chi connectivity index (χ0v) is 12.6. The van der Waals surface area contributed by atoms with E-state index in [2.05, 4.69) is 9.97 Å². The van der Waals surface area contributed by atoms with E-state index in [1.165, 1.54) is 0 Å². The van der Waals surface area contributed by atoms with E-state index in [0.29, 0.717) is 6.61 Å². The highest BCUT2D eigenvalue weighted by Gasteiger charge is 2.20. The van der Waals surface area contributed by atoms with E-state index in [4.69, 9.17) is 9.84 Å². The van der Waals surface area contributed by atoms with E-state index in [-0.39, 0.29) is 12.6 Å². The molecule has 0 fully saturated rings. The van der Waals surface area contributed by atoms with Gasteiger partial charge in [0.1, 0.15) is 11.6 Å². The first-order valence-corrected chi connectivity index (χ1v) is 7.09. The van der Waals surface area contributed by atoms with Crippen molar-refractivity contribution in [2.75, 3.05) is 20.2 Å². The molecule has 114 valence electrons. The van der Waals surface area contributed by atoms with Gasteiger partial charge >= 0.3 is 5.97 Å². The van der Waals surface area contributed by atoms with E-state index in [1.54, 1.807) is 11.9 Å². The van der Waals surface area contributed by atoms with Crippen LogP contribution < -0.4 is 4.74 Å². The Bertz CT molecular complexity index is 624. The quantitative estimate of drug-likeness (QED) is 0.819. The SMILES string of the molecule is CCOc1ccc2nc(C(CC)N(C)CC(=O)O)[nH]c2c1. The van der Waals surface area contributed by atoms with Crippen LogP contribution in [0.25, 0.3) is 11.0 Å². The predicted molar refractivity (Wildman–Crippen MR) is 80.6 cm³/mol. The molecule has 21 heavy (non-hydrogen) atoms. The maximum atomic E-state index is 10.9. The van der Waals surface area contributed by atoms with Crippen LogP contribution in [0.1, 0.15) is 32.1 Å². The molecule has 0 amide bonds. The molecule has 1 aromatic carbocycles. The second kappa shape index (κ2) is 6.58. The fraction of sp³-hybridized carbons (Fsp3) is 0.467. The van der Waals surface area contributed by atoms with Gasteiger partial charge in [-0.3, -0.25) is 9.69 Å². The van der Waals surface area contributed by atoms with Gasteiger partial charge in [0.15, 0.2) is 0 Å². The topological polar surface area (TPSA) is 78.4 Å². The number of rotatable bonds is 7. The van der Waals surface area contributed by atoms with Crippen LogP contribution in [0.2, 0.25) is 0 Å². The molecule has 1 heterocycles. The fourth-order valence-electron chi connectivity index (χ4n) is 2.46. The Kier molecular flexibility index (Phi) is 4.80. The monoisotopic (exact) mass is 291 g/mol. The van der Waals surface area contributed by atoms with Gasteiger partial charge in [0, 0.05) is 6.07 Å². The summed E-state index contributed by atoms with van der Waals surface area (Å²) in [4.78, 5) is 20.5. The molecule has 6 heteroatoms. The molecule has 0 bridgehead atoms. The lowest BCUT2D eigenvalue weighted by Crippen LogP contribution is -2.30. The van der Waals surface area contributed by atoms with Gasteiger partial charge < -0.3 is 14.8 Å². The van der Waals surface area contributed by atoms with E-state index >= 15 is 0 Å². The minimum Gasteiger partial charge on any atom is -0.494 e. The third kappa shape index (κ3) is 3.52. The Hall–Kier alpha value is -2.08. The molecule has 1 atom stereocenters. The summed E-state index contributed by atoms with van der Waals surface area (Å²) in [5.74, 6) is 0.739. The number of aliphatic carboxylic acids is 1. The summed E-state index contributed by atoms with van der Waals surface area (Å²) in [5, 5.41) is 8.92. The standard InChI is InChI=1S/C15H21N3O3/c1-4-13(18(3)9-14(19)20)15-16-11-7-6-10(21-5-2)8-12(11)17-15/h6-8,13H,4-5,9H2,1-3H3,(H,16,17)(H,19,20). The van der Waals surface area contributed by atoms with Crippen LogP contribution in [0.15, 0.2) is 18.2 Å². The highest BCUT2D eigenvalue weighted by Crippen LogP contribution is 2.25. The lowest BCUT2D eigenvalue weighted by Gasteiger charge is -2.23. The molecule has 2 N–H and O–H groups in total. The average Bonchev–Trinajstić information content (AvgIpc) is 2.81. The number of carboxylic acids is 1. The van der Waals surface area contributed by atoms with Crippen LogP contribution in [-0.4, -0.2) is 46.1 Å². The van der Waals surface area contributed by atoms with Gasteiger partial charge in [0.25, 0.3) is 0 Å². The van der Waals surface area contributed by atoms with Gasteiger partial charge in [-0.05, 0) is 32.5 Å². The smallest absolute Gasteiger partial charge is 0.317 e. The molecule has 1 unspecified atom stereocenters. The number of hydrogen-bond acceptors (Lipinski definition) is 4. The van der Waals surface area contributed by atoms with Gasteiger partial charge in [-0.25, -0.2) is 4.98 Å². The number of carboxylic acid groups (broad SMARTS) is 1. The van der Waals surface area contributed by atoms with Crippen LogP contribution >= 0.6 is 0 Å². The predicted octanol–water partition coefficient (Wildman–Crippen LogP) is 2.43. The number of fused-ring (bicyclic) bond motifs is 1. The number of aromatic amines is 1. The molecule has 2 aromatic rings. The Morgan fingerprint density at radius 3 is 2.86 bits per heavy atom. The molecule has 6 nitrogen and oxygen atoms in total. The summed E-state index contributed by atoms with van der Waals surface area (Å²) in [5.41, 5.74) is 1.76. The summed E-state index contributed by atoms with van der Waals surface area (Å²) >= 11 is 0. The molecule has 0 saturated carbocycles. The van der Waals surface area contributed by atoms with Crippen LogP contribution in [0.3, 0.4) is 0 Å².